The number of nitrogens with zero attached hydrogens (tertiary/aromatic N) is 1. The Hall–Kier alpha value is -3.83. The Morgan fingerprint density at radius 1 is 1.06 bits per heavy atom. The van der Waals surface area contributed by atoms with Gasteiger partial charge in [-0.2, -0.15) is 26.3 Å². The molecule has 0 spiro atoms. The third kappa shape index (κ3) is 3.78. The van der Waals surface area contributed by atoms with Gasteiger partial charge in [0.15, 0.2) is 0 Å². The van der Waals surface area contributed by atoms with Crippen LogP contribution in [0.5, 0.6) is 0 Å². The third-order valence-electron chi connectivity index (χ3n) is 5.69. The van der Waals surface area contributed by atoms with Gasteiger partial charge in [-0.25, -0.2) is 9.78 Å². The number of benzene rings is 1. The first-order valence-corrected chi connectivity index (χ1v) is 9.62. The van der Waals surface area contributed by atoms with Crippen LogP contribution >= 0.6 is 0 Å². The minimum absolute atomic E-state index is 0.0126. The summed E-state index contributed by atoms with van der Waals surface area (Å²) >= 11 is 0. The fourth-order valence-corrected chi connectivity index (χ4v) is 3.88. The number of aliphatic carboxylic acids is 2. The maximum atomic E-state index is 13.5. The van der Waals surface area contributed by atoms with Gasteiger partial charge >= 0.3 is 24.3 Å². The van der Waals surface area contributed by atoms with Crippen LogP contribution in [-0.2, 0) is 21.9 Å². The summed E-state index contributed by atoms with van der Waals surface area (Å²) in [5.74, 6) is -2.68. The van der Waals surface area contributed by atoms with Gasteiger partial charge in [-0.1, -0.05) is 24.3 Å². The second-order valence-electron chi connectivity index (χ2n) is 8.09. The van der Waals surface area contributed by atoms with Gasteiger partial charge in [-0.15, -0.1) is 0 Å². The van der Waals surface area contributed by atoms with Gasteiger partial charge in [-0.3, -0.25) is 4.79 Å². The molecule has 34 heavy (non-hydrogen) atoms. The maximum absolute atomic E-state index is 13.5. The number of hydrogen-bond acceptors (Lipinski definition) is 3. The molecule has 1 atom stereocenters. The topological polar surface area (TPSA) is 103 Å². The number of carboxylic acids is 2. The highest BCUT2D eigenvalue weighted by Crippen LogP contribution is 2.42. The maximum Gasteiger partial charge on any atom is 0.431 e. The van der Waals surface area contributed by atoms with Gasteiger partial charge in [0.1, 0.15) is 5.69 Å². The molecule has 1 aliphatic carbocycles. The summed E-state index contributed by atoms with van der Waals surface area (Å²) in [6.07, 6.45) is -8.07. The molecular weight excluding hydrogens is 470 g/mol. The van der Waals surface area contributed by atoms with E-state index in [-0.39, 0.29) is 33.8 Å². The molecule has 12 heteroatoms. The summed E-state index contributed by atoms with van der Waals surface area (Å²) in [5.41, 5.74) is -5.67. The highest BCUT2D eigenvalue weighted by molar-refractivity contribution is 6.08. The Morgan fingerprint density at radius 3 is 2.29 bits per heavy atom. The Balaban J connectivity index is 2.00. The number of fused-ring (bicyclic) bond motifs is 3. The number of allylic oxidation sites excluding steroid dienone is 2. The van der Waals surface area contributed by atoms with Crippen molar-refractivity contribution in [3.05, 3.63) is 58.9 Å². The Bertz CT molecular complexity index is 1430. The molecule has 3 aromatic rings. The summed E-state index contributed by atoms with van der Waals surface area (Å²) < 4.78 is 80.5. The number of pyridine rings is 1. The van der Waals surface area contributed by atoms with Crippen molar-refractivity contribution < 1.29 is 46.1 Å². The number of nitrogens with one attached hydrogen (secondary N) is 1. The van der Waals surface area contributed by atoms with Crippen LogP contribution < -0.4 is 0 Å². The first-order valence-electron chi connectivity index (χ1n) is 9.62. The lowest BCUT2D eigenvalue weighted by Crippen LogP contribution is -2.29. The van der Waals surface area contributed by atoms with E-state index in [1.165, 1.54) is 31.2 Å². The van der Waals surface area contributed by atoms with Gasteiger partial charge in [0, 0.05) is 21.9 Å². The third-order valence-corrected chi connectivity index (χ3v) is 5.69. The monoisotopic (exact) mass is 484 g/mol. The number of alkyl halides is 6. The van der Waals surface area contributed by atoms with E-state index in [1.54, 1.807) is 0 Å². The van der Waals surface area contributed by atoms with E-state index >= 15 is 0 Å². The van der Waals surface area contributed by atoms with Crippen molar-refractivity contribution >= 4 is 39.3 Å². The molecule has 4 rings (SSSR count). The molecule has 178 valence electrons. The zero-order valence-electron chi connectivity index (χ0n) is 17.1. The van der Waals surface area contributed by atoms with E-state index < -0.39 is 58.3 Å². The predicted molar refractivity (Wildman–Crippen MR) is 108 cm³/mol. The van der Waals surface area contributed by atoms with Crippen molar-refractivity contribution in [3.8, 4) is 0 Å². The van der Waals surface area contributed by atoms with E-state index in [1.807, 2.05) is 4.98 Å². The van der Waals surface area contributed by atoms with Crippen LogP contribution in [0.1, 0.15) is 30.3 Å². The van der Waals surface area contributed by atoms with Crippen LogP contribution in [0.4, 0.5) is 26.3 Å². The van der Waals surface area contributed by atoms with Gasteiger partial charge in [0.2, 0.25) is 0 Å². The summed E-state index contributed by atoms with van der Waals surface area (Å²) in [7, 11) is 0. The number of carbonyl (C=O) groups is 2. The summed E-state index contributed by atoms with van der Waals surface area (Å²) in [4.78, 5) is 29.5. The van der Waals surface area contributed by atoms with Crippen LogP contribution in [0.3, 0.4) is 0 Å². The molecule has 1 aromatic carbocycles. The molecule has 1 aliphatic rings. The SMILES string of the molecule is CC1(C(=O)O)C=CC(c2cc3ccc4c(C(F)(F)F)cc(C(F)(F)F)[nH]c4c3n2)=C(C(=O)O)C1. The van der Waals surface area contributed by atoms with E-state index in [2.05, 4.69) is 4.98 Å². The molecule has 0 aliphatic heterocycles. The summed E-state index contributed by atoms with van der Waals surface area (Å²) in [6.45, 7) is 1.32. The lowest BCUT2D eigenvalue weighted by molar-refractivity contribution is -0.146. The first-order chi connectivity index (χ1) is 15.6. The normalized spacial score (nSPS) is 19.3. The second-order valence-corrected chi connectivity index (χ2v) is 8.09. The zero-order chi connectivity index (χ0) is 25.2. The molecule has 0 saturated heterocycles. The van der Waals surface area contributed by atoms with Crippen LogP contribution in [0.15, 0.2) is 42.0 Å². The van der Waals surface area contributed by atoms with E-state index in [0.29, 0.717) is 0 Å². The fourth-order valence-electron chi connectivity index (χ4n) is 3.88. The average molecular weight is 484 g/mol. The van der Waals surface area contributed by atoms with E-state index in [4.69, 9.17) is 0 Å². The van der Waals surface area contributed by atoms with Crippen molar-refractivity contribution in [2.75, 3.05) is 0 Å². The van der Waals surface area contributed by atoms with Gasteiger partial charge in [0.25, 0.3) is 0 Å². The molecule has 2 aromatic heterocycles. The number of hydrogen-bond donors (Lipinski definition) is 3. The molecule has 3 N–H and O–H groups in total. The predicted octanol–water partition coefficient (Wildman–Crippen LogP) is 5.64. The molecule has 0 fully saturated rings. The van der Waals surface area contributed by atoms with Gasteiger partial charge in [0.05, 0.1) is 27.7 Å². The highest BCUT2D eigenvalue weighted by atomic mass is 19.4. The van der Waals surface area contributed by atoms with Crippen molar-refractivity contribution in [1.29, 1.82) is 0 Å². The Morgan fingerprint density at radius 2 is 1.74 bits per heavy atom. The van der Waals surface area contributed by atoms with Crippen LogP contribution in [0, 0.1) is 5.41 Å². The lowest BCUT2D eigenvalue weighted by Gasteiger charge is -2.25. The van der Waals surface area contributed by atoms with Gasteiger partial charge in [-0.05, 0) is 25.5 Å². The van der Waals surface area contributed by atoms with Crippen LogP contribution in [0.25, 0.3) is 27.4 Å². The molecule has 6 nitrogen and oxygen atoms in total. The largest absolute Gasteiger partial charge is 0.481 e. The molecule has 0 bridgehead atoms. The number of H-pyrrole nitrogens is 1. The first kappa shape index (κ1) is 23.3. The average Bonchev–Trinajstić information content (AvgIpc) is 3.15. The molecule has 2 heterocycles. The number of aromatic amines is 1. The second kappa shape index (κ2) is 7.34. The molecule has 0 saturated carbocycles. The van der Waals surface area contributed by atoms with Crippen molar-refractivity contribution in [2.24, 2.45) is 5.41 Å². The lowest BCUT2D eigenvalue weighted by atomic mass is 9.77. The zero-order valence-corrected chi connectivity index (χ0v) is 17.1. The molecule has 0 radical (unpaired) electrons. The molecular formula is C22H14F6N2O4. The van der Waals surface area contributed by atoms with Crippen molar-refractivity contribution in [1.82, 2.24) is 9.97 Å². The summed E-state index contributed by atoms with van der Waals surface area (Å²) in [5, 5.41) is 18.6. The summed E-state index contributed by atoms with van der Waals surface area (Å²) in [6, 6.07) is 3.55. The molecule has 0 amide bonds. The smallest absolute Gasteiger partial charge is 0.431 e. The van der Waals surface area contributed by atoms with E-state index in [0.717, 1.165) is 6.07 Å². The minimum Gasteiger partial charge on any atom is -0.481 e. The number of aromatic nitrogens is 2. The van der Waals surface area contributed by atoms with Gasteiger partial charge < -0.3 is 15.2 Å². The van der Waals surface area contributed by atoms with Crippen LogP contribution in [0.2, 0.25) is 0 Å². The Kier molecular flexibility index (Phi) is 5.03. The standard InChI is InChI=1S/C22H14F6N2O4/c1-20(19(33)34)5-4-10(12(8-20)18(31)32)14-6-9-2-3-11-13(21(23,24)25)7-15(22(26,27)28)30-17(11)16(9)29-14/h2-7,30H,8H2,1H3,(H,31,32)(H,33,34). The minimum atomic E-state index is -5.10. The van der Waals surface area contributed by atoms with Crippen molar-refractivity contribution in [3.63, 3.8) is 0 Å². The van der Waals surface area contributed by atoms with Crippen LogP contribution in [-0.4, -0.2) is 32.1 Å². The number of halogens is 6. The fraction of sp³-hybridized carbons (Fsp3) is 0.227. The van der Waals surface area contributed by atoms with E-state index in [9.17, 15) is 46.1 Å². The number of carboxylic acid groups (broad SMARTS) is 2. The highest BCUT2D eigenvalue weighted by Gasteiger charge is 2.40. The number of rotatable bonds is 3. The quantitative estimate of drug-likeness (QED) is 0.418. The Labute approximate surface area is 186 Å². The molecule has 1 unspecified atom stereocenters. The van der Waals surface area contributed by atoms with Crippen molar-refractivity contribution in [2.45, 2.75) is 25.7 Å².